The Labute approximate surface area is 195 Å². The number of ether oxygens (including phenoxy) is 5. The van der Waals surface area contributed by atoms with E-state index >= 15 is 0 Å². The molecule has 0 spiro atoms. The van der Waals surface area contributed by atoms with Gasteiger partial charge in [0.15, 0.2) is 16.8 Å². The Bertz CT molecular complexity index is 1290. The Balaban J connectivity index is 2.18. The first-order valence-corrected chi connectivity index (χ1v) is 10.2. The van der Waals surface area contributed by atoms with E-state index in [2.05, 4.69) is 0 Å². The number of benzene rings is 2. The van der Waals surface area contributed by atoms with Gasteiger partial charge in [-0.2, -0.15) is 0 Å². The SMILES string of the molecule is COc1c(OC)c(OC)c2c(=O)c(C)c(CC(O)c3cc(O)cc(OC(C)=O)c3)oc2c1OC. The number of fused-ring (bicyclic) bond motifs is 1. The molecule has 1 heterocycles. The summed E-state index contributed by atoms with van der Waals surface area (Å²) >= 11 is 0. The van der Waals surface area contributed by atoms with E-state index in [4.69, 9.17) is 28.1 Å². The Kier molecular flexibility index (Phi) is 7.21. The van der Waals surface area contributed by atoms with E-state index in [-0.39, 0.29) is 68.8 Å². The molecule has 182 valence electrons. The van der Waals surface area contributed by atoms with Gasteiger partial charge in [-0.25, -0.2) is 0 Å². The lowest BCUT2D eigenvalue weighted by molar-refractivity contribution is -0.131. The van der Waals surface area contributed by atoms with E-state index in [0.29, 0.717) is 0 Å². The summed E-state index contributed by atoms with van der Waals surface area (Å²) in [7, 11) is 5.59. The van der Waals surface area contributed by atoms with Crippen molar-refractivity contribution < 1.29 is 43.1 Å². The Morgan fingerprint density at radius 1 is 0.971 bits per heavy atom. The van der Waals surface area contributed by atoms with Gasteiger partial charge in [0.1, 0.15) is 22.6 Å². The molecule has 0 amide bonds. The van der Waals surface area contributed by atoms with Crippen LogP contribution in [0.25, 0.3) is 11.0 Å². The third-order valence-electron chi connectivity index (χ3n) is 5.25. The first-order valence-electron chi connectivity index (χ1n) is 10.2. The number of rotatable bonds is 8. The number of carbonyl (C=O) groups excluding carboxylic acids is 1. The van der Waals surface area contributed by atoms with Gasteiger partial charge in [0.05, 0.1) is 34.5 Å². The topological polar surface area (TPSA) is 134 Å². The van der Waals surface area contributed by atoms with E-state index in [9.17, 15) is 19.8 Å². The van der Waals surface area contributed by atoms with Crippen molar-refractivity contribution >= 4 is 16.9 Å². The summed E-state index contributed by atoms with van der Waals surface area (Å²) in [5, 5.41) is 20.9. The summed E-state index contributed by atoms with van der Waals surface area (Å²) < 4.78 is 32.8. The van der Waals surface area contributed by atoms with E-state index in [1.807, 2.05) is 0 Å². The van der Waals surface area contributed by atoms with Crippen molar-refractivity contribution in [2.75, 3.05) is 28.4 Å². The van der Waals surface area contributed by atoms with Crippen LogP contribution >= 0.6 is 0 Å². The van der Waals surface area contributed by atoms with Crippen molar-refractivity contribution in [3.05, 3.63) is 45.3 Å². The van der Waals surface area contributed by atoms with Crippen LogP contribution in [-0.2, 0) is 11.2 Å². The molecule has 0 aliphatic carbocycles. The monoisotopic (exact) mass is 474 g/mol. The number of phenols is 1. The molecule has 2 aromatic carbocycles. The standard InChI is InChI=1S/C24H26O10/c1-11-17(10-16(27)13-7-14(26)9-15(8-13)33-12(2)25)34-21-18(19(11)28)20(29-3)22(30-4)24(32-6)23(21)31-5/h7-9,16,26-27H,10H2,1-6H3. The summed E-state index contributed by atoms with van der Waals surface area (Å²) in [5.74, 6) is 0.0611. The zero-order chi connectivity index (χ0) is 25.2. The normalized spacial score (nSPS) is 11.7. The van der Waals surface area contributed by atoms with Crippen LogP contribution in [0.4, 0.5) is 0 Å². The number of esters is 1. The van der Waals surface area contributed by atoms with Crippen molar-refractivity contribution in [2.45, 2.75) is 26.4 Å². The highest BCUT2D eigenvalue weighted by Crippen LogP contribution is 2.50. The van der Waals surface area contributed by atoms with Gasteiger partial charge in [-0.3, -0.25) is 9.59 Å². The van der Waals surface area contributed by atoms with Crippen LogP contribution < -0.4 is 29.1 Å². The molecular weight excluding hydrogens is 448 g/mol. The summed E-state index contributed by atoms with van der Waals surface area (Å²) in [5.41, 5.74) is 0.150. The molecule has 0 radical (unpaired) electrons. The number of aromatic hydroxyl groups is 1. The molecule has 0 saturated heterocycles. The van der Waals surface area contributed by atoms with Gasteiger partial charge in [-0.15, -0.1) is 0 Å². The number of methoxy groups -OCH3 is 4. The smallest absolute Gasteiger partial charge is 0.308 e. The van der Waals surface area contributed by atoms with Crippen molar-refractivity contribution in [1.82, 2.24) is 0 Å². The zero-order valence-electron chi connectivity index (χ0n) is 19.7. The highest BCUT2D eigenvalue weighted by atomic mass is 16.5. The zero-order valence-corrected chi connectivity index (χ0v) is 19.7. The Morgan fingerprint density at radius 2 is 1.56 bits per heavy atom. The predicted molar refractivity (Wildman–Crippen MR) is 122 cm³/mol. The number of hydrogen-bond donors (Lipinski definition) is 2. The molecule has 1 aromatic heterocycles. The third-order valence-corrected chi connectivity index (χ3v) is 5.25. The highest BCUT2D eigenvalue weighted by Gasteiger charge is 2.29. The largest absolute Gasteiger partial charge is 0.508 e. The van der Waals surface area contributed by atoms with Crippen molar-refractivity contribution in [2.24, 2.45) is 0 Å². The molecule has 10 nitrogen and oxygen atoms in total. The average Bonchev–Trinajstić information content (AvgIpc) is 2.79. The minimum atomic E-state index is -1.20. The van der Waals surface area contributed by atoms with E-state index in [1.54, 1.807) is 6.92 Å². The first kappa shape index (κ1) is 24.7. The molecule has 0 aliphatic rings. The Morgan fingerprint density at radius 3 is 2.12 bits per heavy atom. The predicted octanol–water partition coefficient (Wildman–Crippen LogP) is 3.04. The number of phenolic OH excluding ortho intramolecular Hbond substituents is 1. The highest BCUT2D eigenvalue weighted by molar-refractivity contribution is 5.95. The second-order valence-corrected chi connectivity index (χ2v) is 7.39. The van der Waals surface area contributed by atoms with E-state index in [0.717, 1.165) is 0 Å². The minimum absolute atomic E-state index is 0.0614. The second kappa shape index (κ2) is 9.92. The molecule has 0 aliphatic heterocycles. The van der Waals surface area contributed by atoms with Crippen molar-refractivity contribution in [1.29, 1.82) is 0 Å². The van der Waals surface area contributed by atoms with Crippen molar-refractivity contribution in [3.63, 3.8) is 0 Å². The minimum Gasteiger partial charge on any atom is -0.508 e. The molecule has 0 bridgehead atoms. The number of carbonyl (C=O) groups is 1. The summed E-state index contributed by atoms with van der Waals surface area (Å²) in [6.45, 7) is 2.78. The van der Waals surface area contributed by atoms with Gasteiger partial charge in [0.25, 0.3) is 0 Å². The first-order chi connectivity index (χ1) is 16.2. The molecule has 3 aromatic rings. The maximum atomic E-state index is 13.3. The summed E-state index contributed by atoms with van der Waals surface area (Å²) in [6.07, 6.45) is -1.33. The molecule has 34 heavy (non-hydrogen) atoms. The second-order valence-electron chi connectivity index (χ2n) is 7.39. The van der Waals surface area contributed by atoms with E-state index in [1.165, 1.54) is 53.6 Å². The fourth-order valence-corrected chi connectivity index (χ4v) is 3.72. The van der Waals surface area contributed by atoms with Gasteiger partial charge in [-0.05, 0) is 24.6 Å². The average molecular weight is 474 g/mol. The quantitative estimate of drug-likeness (QED) is 0.371. The molecule has 1 atom stereocenters. The molecule has 0 saturated carbocycles. The van der Waals surface area contributed by atoms with Gasteiger partial charge in [0, 0.05) is 25.0 Å². The van der Waals surface area contributed by atoms with Crippen LogP contribution in [0.5, 0.6) is 34.5 Å². The van der Waals surface area contributed by atoms with Crippen LogP contribution in [0.15, 0.2) is 27.4 Å². The fraction of sp³-hybridized carbons (Fsp3) is 0.333. The van der Waals surface area contributed by atoms with Crippen LogP contribution in [0, 0.1) is 6.92 Å². The maximum absolute atomic E-state index is 13.3. The lowest BCUT2D eigenvalue weighted by Gasteiger charge is -2.19. The molecule has 10 heteroatoms. The van der Waals surface area contributed by atoms with Crippen LogP contribution in [-0.4, -0.2) is 44.6 Å². The summed E-state index contributed by atoms with van der Waals surface area (Å²) in [4.78, 5) is 24.6. The number of aliphatic hydroxyl groups excluding tert-OH is 1. The molecular formula is C24H26O10. The van der Waals surface area contributed by atoms with Gasteiger partial charge >= 0.3 is 5.97 Å². The molecule has 0 fully saturated rings. The third kappa shape index (κ3) is 4.44. The molecule has 3 rings (SSSR count). The van der Waals surface area contributed by atoms with Crippen LogP contribution in [0.1, 0.15) is 29.9 Å². The summed E-state index contributed by atoms with van der Waals surface area (Å²) in [6, 6.07) is 3.98. The Hall–Kier alpha value is -3.92. The van der Waals surface area contributed by atoms with Gasteiger partial charge < -0.3 is 38.3 Å². The number of hydrogen-bond acceptors (Lipinski definition) is 10. The number of aliphatic hydroxyl groups is 1. The fourth-order valence-electron chi connectivity index (χ4n) is 3.72. The maximum Gasteiger partial charge on any atom is 0.308 e. The van der Waals surface area contributed by atoms with Crippen LogP contribution in [0.3, 0.4) is 0 Å². The molecule has 1 unspecified atom stereocenters. The van der Waals surface area contributed by atoms with Crippen LogP contribution in [0.2, 0.25) is 0 Å². The van der Waals surface area contributed by atoms with E-state index < -0.39 is 17.5 Å². The molecule has 2 N–H and O–H groups in total. The van der Waals surface area contributed by atoms with Crippen molar-refractivity contribution in [3.8, 4) is 34.5 Å². The lowest BCUT2D eigenvalue weighted by Crippen LogP contribution is -2.14. The van der Waals surface area contributed by atoms with Gasteiger partial charge in [-0.1, -0.05) is 0 Å². The van der Waals surface area contributed by atoms with Gasteiger partial charge in [0.2, 0.25) is 17.2 Å². The lowest BCUT2D eigenvalue weighted by atomic mass is 10.0.